The molecule has 3 nitrogen and oxygen atoms in total. The predicted octanol–water partition coefficient (Wildman–Crippen LogP) is 1.54. The molecule has 0 aromatic carbocycles. The van der Waals surface area contributed by atoms with Crippen LogP contribution in [0.15, 0.2) is 6.20 Å². The average Bonchev–Trinajstić information content (AvgIpc) is 2.67. The number of aromatic nitrogens is 1. The molecule has 2 rings (SSSR count). The molecule has 0 bridgehead atoms. The standard InChI is InChI=1S/C9H14N2OS/c1-2-8-10-7-9(13-8)11-3-5-12-6-4-11/h7H,2-6H2,1H3. The number of thiazole rings is 1. The number of nitrogens with zero attached hydrogens (tertiary/aromatic N) is 2. The number of ether oxygens (including phenoxy) is 1. The van der Waals surface area contributed by atoms with E-state index in [1.807, 2.05) is 6.20 Å². The lowest BCUT2D eigenvalue weighted by molar-refractivity contribution is 0.123. The zero-order chi connectivity index (χ0) is 9.10. The van der Waals surface area contributed by atoms with Crippen LogP contribution in [-0.2, 0) is 11.2 Å². The quantitative estimate of drug-likeness (QED) is 0.721. The van der Waals surface area contributed by atoms with Crippen molar-refractivity contribution in [2.75, 3.05) is 31.2 Å². The van der Waals surface area contributed by atoms with Crippen molar-refractivity contribution in [2.45, 2.75) is 13.3 Å². The summed E-state index contributed by atoms with van der Waals surface area (Å²) in [4.78, 5) is 6.69. The van der Waals surface area contributed by atoms with Gasteiger partial charge < -0.3 is 9.64 Å². The molecule has 1 saturated heterocycles. The minimum absolute atomic E-state index is 0.847. The van der Waals surface area contributed by atoms with E-state index in [0.717, 1.165) is 32.7 Å². The van der Waals surface area contributed by atoms with Crippen molar-refractivity contribution < 1.29 is 4.74 Å². The number of hydrogen-bond acceptors (Lipinski definition) is 4. The second-order valence-electron chi connectivity index (χ2n) is 3.05. The largest absolute Gasteiger partial charge is 0.378 e. The Bertz CT molecular complexity index is 268. The van der Waals surface area contributed by atoms with E-state index in [0.29, 0.717) is 0 Å². The molecule has 0 atom stereocenters. The smallest absolute Gasteiger partial charge is 0.111 e. The summed E-state index contributed by atoms with van der Waals surface area (Å²) in [5.41, 5.74) is 0. The lowest BCUT2D eigenvalue weighted by Crippen LogP contribution is -2.35. The van der Waals surface area contributed by atoms with Crippen LogP contribution in [0.1, 0.15) is 11.9 Å². The minimum Gasteiger partial charge on any atom is -0.378 e. The fraction of sp³-hybridized carbons (Fsp3) is 0.667. The number of rotatable bonds is 2. The molecule has 4 heteroatoms. The number of anilines is 1. The first kappa shape index (κ1) is 8.97. The molecular weight excluding hydrogens is 184 g/mol. The second-order valence-corrected chi connectivity index (χ2v) is 4.14. The molecule has 1 aliphatic heterocycles. The van der Waals surface area contributed by atoms with Crippen LogP contribution in [0.3, 0.4) is 0 Å². The fourth-order valence-corrected chi connectivity index (χ4v) is 2.30. The Labute approximate surface area is 82.3 Å². The third-order valence-corrected chi connectivity index (χ3v) is 3.37. The summed E-state index contributed by atoms with van der Waals surface area (Å²) >= 11 is 1.80. The van der Waals surface area contributed by atoms with E-state index < -0.39 is 0 Å². The first-order chi connectivity index (χ1) is 6.40. The van der Waals surface area contributed by atoms with Crippen molar-refractivity contribution >= 4 is 16.3 Å². The SMILES string of the molecule is CCc1ncc(N2CCOCC2)s1. The summed E-state index contributed by atoms with van der Waals surface area (Å²) < 4.78 is 5.30. The van der Waals surface area contributed by atoms with Crippen LogP contribution < -0.4 is 4.90 Å². The van der Waals surface area contributed by atoms with Gasteiger partial charge in [-0.1, -0.05) is 6.92 Å². The minimum atomic E-state index is 0.847. The first-order valence-electron chi connectivity index (χ1n) is 4.67. The summed E-state index contributed by atoms with van der Waals surface area (Å²) in [6.07, 6.45) is 3.02. The van der Waals surface area contributed by atoms with Crippen LogP contribution in [0, 0.1) is 0 Å². The molecule has 0 radical (unpaired) electrons. The van der Waals surface area contributed by atoms with Crippen LogP contribution in [0.4, 0.5) is 5.00 Å². The number of aryl methyl sites for hydroxylation is 1. The van der Waals surface area contributed by atoms with Gasteiger partial charge in [0, 0.05) is 13.1 Å². The van der Waals surface area contributed by atoms with Gasteiger partial charge in [-0.05, 0) is 6.42 Å². The van der Waals surface area contributed by atoms with Gasteiger partial charge in [0.05, 0.1) is 24.4 Å². The van der Waals surface area contributed by atoms with E-state index in [2.05, 4.69) is 16.8 Å². The van der Waals surface area contributed by atoms with Gasteiger partial charge in [0.15, 0.2) is 0 Å². The summed E-state index contributed by atoms with van der Waals surface area (Å²) in [6.45, 7) is 5.84. The van der Waals surface area contributed by atoms with Gasteiger partial charge in [-0.2, -0.15) is 0 Å². The zero-order valence-electron chi connectivity index (χ0n) is 7.82. The van der Waals surface area contributed by atoms with Crippen LogP contribution in [0.2, 0.25) is 0 Å². The molecule has 0 spiro atoms. The van der Waals surface area contributed by atoms with Gasteiger partial charge in [-0.15, -0.1) is 11.3 Å². The van der Waals surface area contributed by atoms with Crippen LogP contribution >= 0.6 is 11.3 Å². The maximum absolute atomic E-state index is 5.30. The van der Waals surface area contributed by atoms with Crippen molar-refractivity contribution in [3.8, 4) is 0 Å². The highest BCUT2D eigenvalue weighted by molar-refractivity contribution is 7.15. The maximum atomic E-state index is 5.30. The fourth-order valence-electron chi connectivity index (χ4n) is 1.39. The molecule has 2 heterocycles. The van der Waals surface area contributed by atoms with Gasteiger partial charge in [0.25, 0.3) is 0 Å². The molecule has 1 aromatic rings. The zero-order valence-corrected chi connectivity index (χ0v) is 8.64. The molecule has 1 aliphatic rings. The lowest BCUT2D eigenvalue weighted by Gasteiger charge is -2.26. The van der Waals surface area contributed by atoms with E-state index in [4.69, 9.17) is 4.74 Å². The topological polar surface area (TPSA) is 25.4 Å². The summed E-state index contributed by atoms with van der Waals surface area (Å²) in [5.74, 6) is 0. The monoisotopic (exact) mass is 198 g/mol. The third-order valence-electron chi connectivity index (χ3n) is 2.17. The van der Waals surface area contributed by atoms with Crippen LogP contribution in [-0.4, -0.2) is 31.3 Å². The van der Waals surface area contributed by atoms with E-state index >= 15 is 0 Å². The van der Waals surface area contributed by atoms with E-state index in [1.54, 1.807) is 11.3 Å². The van der Waals surface area contributed by atoms with Crippen LogP contribution in [0.5, 0.6) is 0 Å². The van der Waals surface area contributed by atoms with Crippen molar-refractivity contribution in [1.82, 2.24) is 4.98 Å². The number of hydrogen-bond donors (Lipinski definition) is 0. The second kappa shape index (κ2) is 4.07. The van der Waals surface area contributed by atoms with Crippen molar-refractivity contribution in [1.29, 1.82) is 0 Å². The maximum Gasteiger partial charge on any atom is 0.111 e. The summed E-state index contributed by atoms with van der Waals surface area (Å²) in [7, 11) is 0. The molecule has 0 amide bonds. The van der Waals surface area contributed by atoms with E-state index in [9.17, 15) is 0 Å². The Kier molecular flexibility index (Phi) is 2.80. The van der Waals surface area contributed by atoms with Crippen molar-refractivity contribution in [2.24, 2.45) is 0 Å². The highest BCUT2D eigenvalue weighted by Crippen LogP contribution is 2.24. The van der Waals surface area contributed by atoms with Gasteiger partial charge in [-0.3, -0.25) is 0 Å². The Morgan fingerprint density at radius 1 is 1.54 bits per heavy atom. The summed E-state index contributed by atoms with van der Waals surface area (Å²) in [6, 6.07) is 0. The molecule has 0 saturated carbocycles. The Balaban J connectivity index is 2.05. The van der Waals surface area contributed by atoms with Crippen molar-refractivity contribution in [3.05, 3.63) is 11.2 Å². The first-order valence-corrected chi connectivity index (χ1v) is 5.49. The predicted molar refractivity (Wildman–Crippen MR) is 54.5 cm³/mol. The molecular formula is C9H14N2OS. The normalized spacial score (nSPS) is 17.8. The molecule has 72 valence electrons. The molecule has 1 aromatic heterocycles. The Hall–Kier alpha value is -0.610. The van der Waals surface area contributed by atoms with Crippen LogP contribution in [0.25, 0.3) is 0 Å². The van der Waals surface area contributed by atoms with E-state index in [-0.39, 0.29) is 0 Å². The van der Waals surface area contributed by atoms with Gasteiger partial charge >= 0.3 is 0 Å². The van der Waals surface area contributed by atoms with Crippen molar-refractivity contribution in [3.63, 3.8) is 0 Å². The molecule has 0 N–H and O–H groups in total. The molecule has 0 unspecified atom stereocenters. The van der Waals surface area contributed by atoms with Gasteiger partial charge in [-0.25, -0.2) is 4.98 Å². The number of morpholine rings is 1. The highest BCUT2D eigenvalue weighted by atomic mass is 32.1. The highest BCUT2D eigenvalue weighted by Gasteiger charge is 2.13. The van der Waals surface area contributed by atoms with E-state index in [1.165, 1.54) is 10.0 Å². The average molecular weight is 198 g/mol. The molecule has 1 fully saturated rings. The molecule has 0 aliphatic carbocycles. The van der Waals surface area contributed by atoms with Gasteiger partial charge in [0.1, 0.15) is 5.00 Å². The lowest BCUT2D eigenvalue weighted by atomic mass is 10.4. The Morgan fingerprint density at radius 3 is 2.92 bits per heavy atom. The van der Waals surface area contributed by atoms with Gasteiger partial charge in [0.2, 0.25) is 0 Å². The molecule has 13 heavy (non-hydrogen) atoms. The third kappa shape index (κ3) is 2.00. The Morgan fingerprint density at radius 2 is 2.31 bits per heavy atom. The summed E-state index contributed by atoms with van der Waals surface area (Å²) in [5, 5.41) is 2.52.